The Morgan fingerprint density at radius 2 is 2.11 bits per heavy atom. The minimum absolute atomic E-state index is 0.307. The van der Waals surface area contributed by atoms with Gasteiger partial charge in [0.15, 0.2) is 12.0 Å². The Kier molecular flexibility index (Phi) is 3.99. The molecule has 0 atom stereocenters. The summed E-state index contributed by atoms with van der Waals surface area (Å²) >= 11 is 11.9. The van der Waals surface area contributed by atoms with Crippen LogP contribution in [0.2, 0.25) is 10.0 Å². The molecular weight excluding hydrogens is 273 g/mol. The Morgan fingerprint density at radius 1 is 1.33 bits per heavy atom. The Morgan fingerprint density at radius 3 is 2.72 bits per heavy atom. The highest BCUT2D eigenvalue weighted by Gasteiger charge is 2.14. The molecule has 6 heteroatoms. The average Bonchev–Trinajstić information content (AvgIpc) is 2.76. The van der Waals surface area contributed by atoms with Crippen molar-refractivity contribution in [3.63, 3.8) is 0 Å². The number of carbonyl (C=O) groups excluding carboxylic acids is 1. The van der Waals surface area contributed by atoms with E-state index in [9.17, 15) is 4.79 Å². The topological polar surface area (TPSA) is 47.8 Å². The molecule has 0 N–H and O–H groups in total. The molecule has 4 nitrogen and oxygen atoms in total. The first-order chi connectivity index (χ1) is 8.67. The van der Waals surface area contributed by atoms with Crippen molar-refractivity contribution in [1.29, 1.82) is 0 Å². The van der Waals surface area contributed by atoms with E-state index in [2.05, 4.69) is 10.3 Å². The number of hydrogen-bond donors (Lipinski definition) is 0. The van der Waals surface area contributed by atoms with Crippen LogP contribution >= 0.6 is 23.2 Å². The lowest BCUT2D eigenvalue weighted by atomic mass is 10.1. The molecule has 2 aromatic rings. The highest BCUT2D eigenvalue weighted by Crippen LogP contribution is 2.29. The summed E-state index contributed by atoms with van der Waals surface area (Å²) in [6.45, 7) is 2.72. The van der Waals surface area contributed by atoms with Gasteiger partial charge in [-0.05, 0) is 18.6 Å². The standard InChI is InChI=1S/C12H11Cl2N3O/c1-2-5-17-12(11(7-18)15-16-17)8-3-4-9(13)10(14)6-8/h3-4,6-7H,2,5H2,1H3. The van der Waals surface area contributed by atoms with Gasteiger partial charge in [-0.15, -0.1) is 5.10 Å². The smallest absolute Gasteiger partial charge is 0.172 e. The molecule has 0 fully saturated rings. The maximum absolute atomic E-state index is 11.0. The lowest BCUT2D eigenvalue weighted by Crippen LogP contribution is -2.02. The minimum Gasteiger partial charge on any atom is -0.296 e. The number of aryl methyl sites for hydroxylation is 1. The van der Waals surface area contributed by atoms with Crippen LogP contribution in [-0.2, 0) is 6.54 Å². The number of aromatic nitrogens is 3. The third kappa shape index (κ3) is 2.40. The quantitative estimate of drug-likeness (QED) is 0.807. The molecule has 0 aliphatic heterocycles. The van der Waals surface area contributed by atoms with Gasteiger partial charge in [-0.1, -0.05) is 41.4 Å². The number of nitrogens with zero attached hydrogens (tertiary/aromatic N) is 3. The third-order valence-electron chi connectivity index (χ3n) is 2.50. The zero-order valence-corrected chi connectivity index (χ0v) is 11.2. The van der Waals surface area contributed by atoms with Crippen molar-refractivity contribution < 1.29 is 4.79 Å². The van der Waals surface area contributed by atoms with Crippen molar-refractivity contribution in [2.45, 2.75) is 19.9 Å². The Bertz CT molecular complexity index is 581. The van der Waals surface area contributed by atoms with E-state index < -0.39 is 0 Å². The summed E-state index contributed by atoms with van der Waals surface area (Å²) in [5.41, 5.74) is 1.76. The van der Waals surface area contributed by atoms with Crippen LogP contribution in [0.1, 0.15) is 23.8 Å². The van der Waals surface area contributed by atoms with E-state index in [1.165, 1.54) is 0 Å². The molecule has 18 heavy (non-hydrogen) atoms. The molecule has 2 rings (SSSR count). The maximum Gasteiger partial charge on any atom is 0.172 e. The maximum atomic E-state index is 11.0. The van der Waals surface area contributed by atoms with Crippen LogP contribution in [0.4, 0.5) is 0 Å². The number of carbonyl (C=O) groups is 1. The molecule has 1 aromatic carbocycles. The summed E-state index contributed by atoms with van der Waals surface area (Å²) in [6.07, 6.45) is 1.59. The zero-order chi connectivity index (χ0) is 13.1. The van der Waals surface area contributed by atoms with E-state index in [0.717, 1.165) is 12.0 Å². The van der Waals surface area contributed by atoms with Gasteiger partial charge in [-0.25, -0.2) is 4.68 Å². The van der Waals surface area contributed by atoms with Gasteiger partial charge in [0.1, 0.15) is 0 Å². The van der Waals surface area contributed by atoms with Crippen molar-refractivity contribution in [2.24, 2.45) is 0 Å². The molecule has 0 radical (unpaired) electrons. The van der Waals surface area contributed by atoms with E-state index in [4.69, 9.17) is 23.2 Å². The number of hydrogen-bond acceptors (Lipinski definition) is 3. The molecule has 1 heterocycles. The van der Waals surface area contributed by atoms with Crippen LogP contribution in [0, 0.1) is 0 Å². The number of benzene rings is 1. The summed E-state index contributed by atoms with van der Waals surface area (Å²) in [7, 11) is 0. The second-order valence-corrected chi connectivity index (χ2v) is 4.61. The molecule has 0 unspecified atom stereocenters. The van der Waals surface area contributed by atoms with Gasteiger partial charge in [0.2, 0.25) is 0 Å². The zero-order valence-electron chi connectivity index (χ0n) is 9.73. The predicted octanol–water partition coefficient (Wildman–Crippen LogP) is 3.47. The molecule has 0 bridgehead atoms. The SMILES string of the molecule is CCCn1nnc(C=O)c1-c1ccc(Cl)c(Cl)c1. The van der Waals surface area contributed by atoms with Gasteiger partial charge in [-0.3, -0.25) is 4.79 Å². The second kappa shape index (κ2) is 5.50. The summed E-state index contributed by atoms with van der Waals surface area (Å²) < 4.78 is 1.70. The number of aldehydes is 1. The highest BCUT2D eigenvalue weighted by molar-refractivity contribution is 6.42. The van der Waals surface area contributed by atoms with Crippen molar-refractivity contribution in [1.82, 2.24) is 15.0 Å². The Labute approximate surface area is 115 Å². The van der Waals surface area contributed by atoms with Gasteiger partial charge in [-0.2, -0.15) is 0 Å². The monoisotopic (exact) mass is 283 g/mol. The summed E-state index contributed by atoms with van der Waals surface area (Å²) in [5.74, 6) is 0. The van der Waals surface area contributed by atoms with E-state index in [1.54, 1.807) is 22.9 Å². The van der Waals surface area contributed by atoms with Crippen LogP contribution in [0.3, 0.4) is 0 Å². The molecule has 0 aliphatic carbocycles. The van der Waals surface area contributed by atoms with Crippen molar-refractivity contribution in [3.05, 3.63) is 33.9 Å². The van der Waals surface area contributed by atoms with Crippen LogP contribution in [0.15, 0.2) is 18.2 Å². The van der Waals surface area contributed by atoms with Gasteiger partial charge >= 0.3 is 0 Å². The van der Waals surface area contributed by atoms with Crippen LogP contribution < -0.4 is 0 Å². The third-order valence-corrected chi connectivity index (χ3v) is 3.24. The van der Waals surface area contributed by atoms with Gasteiger partial charge in [0, 0.05) is 12.1 Å². The first kappa shape index (κ1) is 13.1. The minimum atomic E-state index is 0.307. The van der Waals surface area contributed by atoms with Gasteiger partial charge in [0.25, 0.3) is 0 Å². The molecule has 0 saturated heterocycles. The first-order valence-electron chi connectivity index (χ1n) is 5.51. The van der Waals surface area contributed by atoms with Crippen LogP contribution in [0.25, 0.3) is 11.3 Å². The Hall–Kier alpha value is -1.39. The van der Waals surface area contributed by atoms with E-state index in [0.29, 0.717) is 34.3 Å². The molecular formula is C12H11Cl2N3O. The van der Waals surface area contributed by atoms with Crippen molar-refractivity contribution >= 4 is 29.5 Å². The largest absolute Gasteiger partial charge is 0.296 e. The van der Waals surface area contributed by atoms with E-state index in [1.807, 2.05) is 6.92 Å². The fourth-order valence-electron chi connectivity index (χ4n) is 1.71. The first-order valence-corrected chi connectivity index (χ1v) is 6.27. The molecule has 0 aliphatic rings. The fourth-order valence-corrected chi connectivity index (χ4v) is 2.01. The summed E-state index contributed by atoms with van der Waals surface area (Å²) in [6, 6.07) is 5.20. The molecule has 1 aromatic heterocycles. The second-order valence-electron chi connectivity index (χ2n) is 3.79. The normalized spacial score (nSPS) is 10.6. The number of halogens is 2. The lowest BCUT2D eigenvalue weighted by Gasteiger charge is -2.06. The number of rotatable bonds is 4. The molecule has 0 spiro atoms. The molecule has 0 amide bonds. The summed E-state index contributed by atoms with van der Waals surface area (Å²) in [5, 5.41) is 8.73. The molecule has 94 valence electrons. The van der Waals surface area contributed by atoms with Gasteiger partial charge < -0.3 is 0 Å². The fraction of sp³-hybridized carbons (Fsp3) is 0.250. The van der Waals surface area contributed by atoms with Crippen molar-refractivity contribution in [2.75, 3.05) is 0 Å². The Balaban J connectivity index is 2.56. The lowest BCUT2D eigenvalue weighted by molar-refractivity contribution is 0.111. The van der Waals surface area contributed by atoms with E-state index >= 15 is 0 Å². The van der Waals surface area contributed by atoms with Crippen LogP contribution in [-0.4, -0.2) is 21.3 Å². The predicted molar refractivity (Wildman–Crippen MR) is 71.2 cm³/mol. The van der Waals surface area contributed by atoms with Crippen molar-refractivity contribution in [3.8, 4) is 11.3 Å². The van der Waals surface area contributed by atoms with Crippen LogP contribution in [0.5, 0.6) is 0 Å². The highest BCUT2D eigenvalue weighted by atomic mass is 35.5. The average molecular weight is 284 g/mol. The molecule has 0 saturated carbocycles. The van der Waals surface area contributed by atoms with Gasteiger partial charge in [0.05, 0.1) is 15.7 Å². The van der Waals surface area contributed by atoms with E-state index in [-0.39, 0.29) is 0 Å². The summed E-state index contributed by atoms with van der Waals surface area (Å²) in [4.78, 5) is 11.0.